The number of primary sulfonamides is 1. The average molecular weight is 254 g/mol. The van der Waals surface area contributed by atoms with E-state index in [2.05, 4.69) is 11.9 Å². The Labute approximate surface area is 100 Å². The van der Waals surface area contributed by atoms with E-state index >= 15 is 0 Å². The number of sulfonamides is 1. The van der Waals surface area contributed by atoms with Crippen molar-refractivity contribution in [2.45, 2.75) is 17.7 Å². The molecule has 1 amide bonds. The summed E-state index contributed by atoms with van der Waals surface area (Å²) in [6.07, 6.45) is 2.52. The van der Waals surface area contributed by atoms with Crippen molar-refractivity contribution in [2.75, 3.05) is 5.32 Å². The van der Waals surface area contributed by atoms with Gasteiger partial charge in [0.1, 0.15) is 0 Å². The number of nitrogens with one attached hydrogen (secondary N) is 1. The number of carbonyl (C=O) groups excluding carboxylic acids is 1. The van der Waals surface area contributed by atoms with Crippen molar-refractivity contribution in [1.82, 2.24) is 0 Å². The van der Waals surface area contributed by atoms with E-state index in [0.29, 0.717) is 18.5 Å². The van der Waals surface area contributed by atoms with Crippen LogP contribution in [0.3, 0.4) is 0 Å². The third-order valence-corrected chi connectivity index (χ3v) is 2.93. The first kappa shape index (κ1) is 13.4. The number of rotatable bonds is 5. The smallest absolute Gasteiger partial charge is 0.238 e. The van der Waals surface area contributed by atoms with Gasteiger partial charge in [0, 0.05) is 12.1 Å². The van der Waals surface area contributed by atoms with Gasteiger partial charge in [-0.1, -0.05) is 12.1 Å². The van der Waals surface area contributed by atoms with Crippen LogP contribution in [0.2, 0.25) is 0 Å². The molecule has 0 atom stereocenters. The lowest BCUT2D eigenvalue weighted by atomic mass is 10.2. The fourth-order valence-electron chi connectivity index (χ4n) is 1.21. The SMILES string of the molecule is C=CCCC(=O)Nc1cccc(S(N)(=O)=O)c1. The number of carbonyl (C=O) groups is 1. The molecule has 3 N–H and O–H groups in total. The standard InChI is InChI=1S/C11H14N2O3S/c1-2-3-7-11(14)13-9-5-4-6-10(8-9)17(12,15)16/h2,4-6,8H,1,3,7H2,(H,13,14)(H2,12,15,16). The first-order chi connectivity index (χ1) is 7.93. The molecule has 0 fully saturated rings. The zero-order chi connectivity index (χ0) is 12.9. The topological polar surface area (TPSA) is 89.3 Å². The lowest BCUT2D eigenvalue weighted by Gasteiger charge is -2.05. The highest BCUT2D eigenvalue weighted by molar-refractivity contribution is 7.89. The molecule has 1 aromatic carbocycles. The van der Waals surface area contributed by atoms with Crippen molar-refractivity contribution in [1.29, 1.82) is 0 Å². The fraction of sp³-hybridized carbons (Fsp3) is 0.182. The van der Waals surface area contributed by atoms with Crippen LogP contribution >= 0.6 is 0 Å². The van der Waals surface area contributed by atoms with Crippen LogP contribution in [0.15, 0.2) is 41.8 Å². The first-order valence-electron chi connectivity index (χ1n) is 4.97. The maximum Gasteiger partial charge on any atom is 0.238 e. The zero-order valence-corrected chi connectivity index (χ0v) is 10.0. The van der Waals surface area contributed by atoms with Crippen molar-refractivity contribution in [3.8, 4) is 0 Å². The van der Waals surface area contributed by atoms with E-state index in [1.807, 2.05) is 0 Å². The summed E-state index contributed by atoms with van der Waals surface area (Å²) < 4.78 is 22.2. The third-order valence-electron chi connectivity index (χ3n) is 2.02. The monoisotopic (exact) mass is 254 g/mol. The van der Waals surface area contributed by atoms with Gasteiger partial charge < -0.3 is 5.32 Å². The number of benzene rings is 1. The molecule has 0 spiro atoms. The van der Waals surface area contributed by atoms with E-state index in [1.54, 1.807) is 12.1 Å². The van der Waals surface area contributed by atoms with Gasteiger partial charge in [0.15, 0.2) is 0 Å². The highest BCUT2D eigenvalue weighted by Gasteiger charge is 2.08. The van der Waals surface area contributed by atoms with Crippen LogP contribution in [0, 0.1) is 0 Å². The fourth-order valence-corrected chi connectivity index (χ4v) is 1.77. The van der Waals surface area contributed by atoms with E-state index in [1.165, 1.54) is 18.2 Å². The number of nitrogens with two attached hydrogens (primary N) is 1. The van der Waals surface area contributed by atoms with Crippen LogP contribution < -0.4 is 10.5 Å². The molecule has 1 aromatic rings. The van der Waals surface area contributed by atoms with E-state index < -0.39 is 10.0 Å². The Morgan fingerprint density at radius 3 is 2.76 bits per heavy atom. The van der Waals surface area contributed by atoms with Gasteiger partial charge in [-0.2, -0.15) is 0 Å². The van der Waals surface area contributed by atoms with Crippen LogP contribution in [-0.2, 0) is 14.8 Å². The molecule has 0 bridgehead atoms. The second-order valence-electron chi connectivity index (χ2n) is 3.45. The third kappa shape index (κ3) is 4.38. The second kappa shape index (κ2) is 5.60. The Balaban J connectivity index is 2.79. The van der Waals surface area contributed by atoms with Gasteiger partial charge in [-0.25, -0.2) is 13.6 Å². The highest BCUT2D eigenvalue weighted by atomic mass is 32.2. The maximum absolute atomic E-state index is 11.4. The van der Waals surface area contributed by atoms with E-state index in [9.17, 15) is 13.2 Å². The Morgan fingerprint density at radius 2 is 2.18 bits per heavy atom. The first-order valence-corrected chi connectivity index (χ1v) is 6.52. The summed E-state index contributed by atoms with van der Waals surface area (Å²) >= 11 is 0. The molecule has 0 saturated carbocycles. The van der Waals surface area contributed by atoms with E-state index in [4.69, 9.17) is 5.14 Å². The van der Waals surface area contributed by atoms with Crippen LogP contribution in [-0.4, -0.2) is 14.3 Å². The molecule has 0 radical (unpaired) electrons. The minimum absolute atomic E-state index is 0.0287. The van der Waals surface area contributed by atoms with Gasteiger partial charge in [0.25, 0.3) is 0 Å². The number of amides is 1. The molecule has 0 aromatic heterocycles. The van der Waals surface area contributed by atoms with Crippen LogP contribution in [0.1, 0.15) is 12.8 Å². The summed E-state index contributed by atoms with van der Waals surface area (Å²) in [6, 6.07) is 5.80. The molecule has 0 aliphatic rings. The molecular weight excluding hydrogens is 240 g/mol. The highest BCUT2D eigenvalue weighted by Crippen LogP contribution is 2.14. The molecule has 5 nitrogen and oxygen atoms in total. The Kier molecular flexibility index (Phi) is 4.42. The summed E-state index contributed by atoms with van der Waals surface area (Å²) in [7, 11) is -3.75. The molecule has 0 aliphatic carbocycles. The van der Waals surface area contributed by atoms with Crippen LogP contribution in [0.5, 0.6) is 0 Å². The molecule has 17 heavy (non-hydrogen) atoms. The minimum Gasteiger partial charge on any atom is -0.326 e. The van der Waals surface area contributed by atoms with Gasteiger partial charge in [-0.05, 0) is 24.6 Å². The largest absolute Gasteiger partial charge is 0.326 e. The number of hydrogen-bond acceptors (Lipinski definition) is 3. The predicted molar refractivity (Wildman–Crippen MR) is 65.9 cm³/mol. The number of anilines is 1. The molecule has 0 aliphatic heterocycles. The van der Waals surface area contributed by atoms with Crippen LogP contribution in [0.25, 0.3) is 0 Å². The van der Waals surface area contributed by atoms with Gasteiger partial charge in [-0.3, -0.25) is 4.79 Å². The summed E-state index contributed by atoms with van der Waals surface area (Å²) in [6.45, 7) is 3.51. The summed E-state index contributed by atoms with van der Waals surface area (Å²) in [5.74, 6) is -0.198. The molecule has 92 valence electrons. The van der Waals surface area contributed by atoms with Crippen molar-refractivity contribution in [3.63, 3.8) is 0 Å². The Bertz CT molecular complexity index is 523. The Hall–Kier alpha value is -1.66. The normalized spacial score (nSPS) is 10.9. The number of hydrogen-bond donors (Lipinski definition) is 2. The zero-order valence-electron chi connectivity index (χ0n) is 9.22. The summed E-state index contributed by atoms with van der Waals surface area (Å²) in [4.78, 5) is 11.4. The maximum atomic E-state index is 11.4. The predicted octanol–water partition coefficient (Wildman–Crippen LogP) is 1.24. The number of allylic oxidation sites excluding steroid dienone is 1. The second-order valence-corrected chi connectivity index (χ2v) is 5.01. The molecule has 0 saturated heterocycles. The van der Waals surface area contributed by atoms with Gasteiger partial charge in [0.2, 0.25) is 15.9 Å². The lowest BCUT2D eigenvalue weighted by molar-refractivity contribution is -0.116. The quantitative estimate of drug-likeness (QED) is 0.775. The van der Waals surface area contributed by atoms with Gasteiger partial charge in [-0.15, -0.1) is 6.58 Å². The van der Waals surface area contributed by atoms with E-state index in [-0.39, 0.29) is 10.8 Å². The molecule has 6 heteroatoms. The average Bonchev–Trinajstić information content (AvgIpc) is 2.25. The summed E-state index contributed by atoms with van der Waals surface area (Å²) in [5.41, 5.74) is 0.408. The molecular formula is C11H14N2O3S. The summed E-state index contributed by atoms with van der Waals surface area (Å²) in [5, 5.41) is 7.57. The molecule has 0 unspecified atom stereocenters. The van der Waals surface area contributed by atoms with Crippen molar-refractivity contribution in [2.24, 2.45) is 5.14 Å². The van der Waals surface area contributed by atoms with Crippen molar-refractivity contribution in [3.05, 3.63) is 36.9 Å². The van der Waals surface area contributed by atoms with Crippen LogP contribution in [0.4, 0.5) is 5.69 Å². The van der Waals surface area contributed by atoms with Crippen molar-refractivity contribution >= 4 is 21.6 Å². The lowest BCUT2D eigenvalue weighted by Crippen LogP contribution is -2.14. The van der Waals surface area contributed by atoms with Crippen molar-refractivity contribution < 1.29 is 13.2 Å². The molecule has 1 rings (SSSR count). The minimum atomic E-state index is -3.75. The van der Waals surface area contributed by atoms with E-state index in [0.717, 1.165) is 0 Å². The van der Waals surface area contributed by atoms with Gasteiger partial charge in [0.05, 0.1) is 4.90 Å². The molecule has 0 heterocycles. The Morgan fingerprint density at radius 1 is 1.47 bits per heavy atom. The van der Waals surface area contributed by atoms with Gasteiger partial charge >= 0.3 is 0 Å².